The van der Waals surface area contributed by atoms with E-state index in [0.717, 1.165) is 22.6 Å². The van der Waals surface area contributed by atoms with Crippen molar-refractivity contribution < 1.29 is 14.3 Å². The molecule has 3 aromatic heterocycles. The second-order valence-corrected chi connectivity index (χ2v) is 8.64. The fourth-order valence-electron chi connectivity index (χ4n) is 2.61. The maximum Gasteiger partial charge on any atom is 0.407 e. The van der Waals surface area contributed by atoms with Gasteiger partial charge in [0.2, 0.25) is 0 Å². The highest BCUT2D eigenvalue weighted by molar-refractivity contribution is 7.17. The van der Waals surface area contributed by atoms with Crippen LogP contribution in [-0.2, 0) is 4.74 Å². The summed E-state index contributed by atoms with van der Waals surface area (Å²) in [5, 5.41) is 10.6. The molecule has 2 N–H and O–H groups in total. The van der Waals surface area contributed by atoms with Gasteiger partial charge in [0, 0.05) is 13.1 Å². The lowest BCUT2D eigenvalue weighted by atomic mass is 10.2. The Bertz CT molecular complexity index is 1020. The van der Waals surface area contributed by atoms with Gasteiger partial charge in [0.1, 0.15) is 17.1 Å². The summed E-state index contributed by atoms with van der Waals surface area (Å²) < 4.78 is 6.96. The molecule has 0 unspecified atom stereocenters. The minimum atomic E-state index is -0.502. The van der Waals surface area contributed by atoms with E-state index < -0.39 is 11.7 Å². The SMILES string of the molecule is CC(=O)c1ccc(-c2cnc3ccc(NCCCNC(=O)OC(C)(C)C)nn23)s1. The topological polar surface area (TPSA) is 97.6 Å². The molecule has 0 aromatic carbocycles. The highest BCUT2D eigenvalue weighted by Crippen LogP contribution is 2.28. The number of anilines is 1. The fourth-order valence-corrected chi connectivity index (χ4v) is 3.51. The predicted octanol–water partition coefficient (Wildman–Crippen LogP) is 3.99. The molecule has 0 aliphatic carbocycles. The lowest BCUT2D eigenvalue weighted by Crippen LogP contribution is -2.33. The molecule has 0 saturated carbocycles. The van der Waals surface area contributed by atoms with Gasteiger partial charge in [0.25, 0.3) is 0 Å². The van der Waals surface area contributed by atoms with Crippen LogP contribution in [0.15, 0.2) is 30.5 Å². The zero-order valence-electron chi connectivity index (χ0n) is 17.0. The highest BCUT2D eigenvalue weighted by atomic mass is 32.1. The van der Waals surface area contributed by atoms with E-state index in [4.69, 9.17) is 4.74 Å². The molecule has 154 valence electrons. The van der Waals surface area contributed by atoms with Crippen molar-refractivity contribution in [3.8, 4) is 10.6 Å². The maximum absolute atomic E-state index is 11.6. The van der Waals surface area contributed by atoms with Crippen LogP contribution in [-0.4, -0.2) is 45.2 Å². The molecule has 29 heavy (non-hydrogen) atoms. The molecule has 0 radical (unpaired) electrons. The summed E-state index contributed by atoms with van der Waals surface area (Å²) in [6, 6.07) is 7.48. The molecule has 0 bridgehead atoms. The zero-order chi connectivity index (χ0) is 21.0. The predicted molar refractivity (Wildman–Crippen MR) is 114 cm³/mol. The number of imidazole rings is 1. The summed E-state index contributed by atoms with van der Waals surface area (Å²) in [6.07, 6.45) is 2.07. The average Bonchev–Trinajstić information content (AvgIpc) is 3.26. The van der Waals surface area contributed by atoms with E-state index in [1.165, 1.54) is 11.3 Å². The zero-order valence-corrected chi connectivity index (χ0v) is 17.8. The Kier molecular flexibility index (Phi) is 6.17. The molecule has 0 fully saturated rings. The van der Waals surface area contributed by atoms with E-state index in [0.29, 0.717) is 23.8 Å². The van der Waals surface area contributed by atoms with E-state index in [-0.39, 0.29) is 5.78 Å². The lowest BCUT2D eigenvalue weighted by Gasteiger charge is -2.19. The number of amides is 1. The summed E-state index contributed by atoms with van der Waals surface area (Å²) >= 11 is 1.43. The number of carbonyl (C=O) groups is 2. The van der Waals surface area contributed by atoms with Crippen molar-refractivity contribution in [2.75, 3.05) is 18.4 Å². The number of rotatable bonds is 7. The Balaban J connectivity index is 1.58. The molecule has 0 aliphatic heterocycles. The fraction of sp³-hybridized carbons (Fsp3) is 0.400. The highest BCUT2D eigenvalue weighted by Gasteiger charge is 2.15. The first-order valence-corrected chi connectivity index (χ1v) is 10.2. The van der Waals surface area contributed by atoms with Crippen LogP contribution in [0.2, 0.25) is 0 Å². The van der Waals surface area contributed by atoms with Gasteiger partial charge in [-0.1, -0.05) is 0 Å². The van der Waals surface area contributed by atoms with Crippen molar-refractivity contribution in [1.29, 1.82) is 0 Å². The first kappa shape index (κ1) is 20.8. The number of hydrogen-bond acceptors (Lipinski definition) is 7. The summed E-state index contributed by atoms with van der Waals surface area (Å²) in [5.74, 6) is 0.753. The van der Waals surface area contributed by atoms with Crippen LogP contribution >= 0.6 is 11.3 Å². The van der Waals surface area contributed by atoms with E-state index in [9.17, 15) is 9.59 Å². The van der Waals surface area contributed by atoms with Crippen molar-refractivity contribution in [2.45, 2.75) is 39.7 Å². The minimum Gasteiger partial charge on any atom is -0.444 e. The third kappa shape index (κ3) is 5.54. The molecule has 0 atom stereocenters. The van der Waals surface area contributed by atoms with Crippen LogP contribution in [0.4, 0.5) is 10.6 Å². The molecular weight excluding hydrogens is 390 g/mol. The lowest BCUT2D eigenvalue weighted by molar-refractivity contribution is 0.0527. The first-order chi connectivity index (χ1) is 13.7. The maximum atomic E-state index is 11.6. The van der Waals surface area contributed by atoms with Gasteiger partial charge in [-0.25, -0.2) is 14.3 Å². The quantitative estimate of drug-likeness (QED) is 0.447. The largest absolute Gasteiger partial charge is 0.444 e. The van der Waals surface area contributed by atoms with E-state index in [1.807, 2.05) is 45.0 Å². The molecule has 0 saturated heterocycles. The molecule has 3 heterocycles. The van der Waals surface area contributed by atoms with Gasteiger partial charge in [-0.15, -0.1) is 16.4 Å². The van der Waals surface area contributed by atoms with E-state index >= 15 is 0 Å². The minimum absolute atomic E-state index is 0.0466. The normalized spacial score (nSPS) is 11.4. The number of thiophene rings is 1. The average molecular weight is 416 g/mol. The summed E-state index contributed by atoms with van der Waals surface area (Å²) in [5.41, 5.74) is 1.07. The number of alkyl carbamates (subject to hydrolysis) is 1. The number of ether oxygens (including phenoxy) is 1. The molecule has 3 aromatic rings. The van der Waals surface area contributed by atoms with Gasteiger partial charge in [0.05, 0.1) is 16.0 Å². The Labute approximate surface area is 173 Å². The Morgan fingerprint density at radius 3 is 2.66 bits per heavy atom. The number of aromatic nitrogens is 3. The van der Waals surface area contributed by atoms with Gasteiger partial charge in [-0.05, 0) is 58.4 Å². The summed E-state index contributed by atoms with van der Waals surface area (Å²) in [4.78, 5) is 29.2. The number of fused-ring (bicyclic) bond motifs is 1. The Morgan fingerprint density at radius 1 is 1.17 bits per heavy atom. The van der Waals surface area contributed by atoms with Crippen molar-refractivity contribution in [3.63, 3.8) is 0 Å². The van der Waals surface area contributed by atoms with Crippen molar-refractivity contribution in [1.82, 2.24) is 19.9 Å². The van der Waals surface area contributed by atoms with Crippen LogP contribution in [0.25, 0.3) is 16.2 Å². The third-order valence-electron chi connectivity index (χ3n) is 3.90. The van der Waals surface area contributed by atoms with Gasteiger partial charge in [0.15, 0.2) is 11.4 Å². The molecule has 0 spiro atoms. The second-order valence-electron chi connectivity index (χ2n) is 7.56. The monoisotopic (exact) mass is 415 g/mol. The Hall–Kier alpha value is -2.94. The van der Waals surface area contributed by atoms with Crippen LogP contribution in [0, 0.1) is 0 Å². The van der Waals surface area contributed by atoms with Crippen molar-refractivity contribution in [2.24, 2.45) is 0 Å². The van der Waals surface area contributed by atoms with Gasteiger partial charge in [-0.2, -0.15) is 0 Å². The first-order valence-electron chi connectivity index (χ1n) is 9.39. The molecular formula is C20H25N5O3S. The number of ketones is 1. The molecule has 9 heteroatoms. The van der Waals surface area contributed by atoms with Gasteiger partial charge >= 0.3 is 6.09 Å². The molecule has 1 amide bonds. The van der Waals surface area contributed by atoms with E-state index in [2.05, 4.69) is 20.7 Å². The van der Waals surface area contributed by atoms with Crippen LogP contribution in [0.3, 0.4) is 0 Å². The third-order valence-corrected chi connectivity index (χ3v) is 5.10. The number of carbonyl (C=O) groups excluding carboxylic acids is 2. The summed E-state index contributed by atoms with van der Waals surface area (Å²) in [7, 11) is 0. The molecule has 8 nitrogen and oxygen atoms in total. The van der Waals surface area contributed by atoms with Crippen LogP contribution < -0.4 is 10.6 Å². The summed E-state index contributed by atoms with van der Waals surface area (Å²) in [6.45, 7) is 8.20. The standard InChI is InChI=1S/C20H25N5O3S/c1-13(26)15-6-7-16(29-15)14-12-23-18-9-8-17(24-25(14)18)21-10-5-11-22-19(27)28-20(2,3)4/h6-9,12H,5,10-11H2,1-4H3,(H,21,24)(H,22,27). The number of hydrogen-bond donors (Lipinski definition) is 2. The second kappa shape index (κ2) is 8.60. The molecule has 0 aliphatic rings. The van der Waals surface area contributed by atoms with Crippen molar-refractivity contribution >= 4 is 34.7 Å². The van der Waals surface area contributed by atoms with Crippen molar-refractivity contribution in [3.05, 3.63) is 35.3 Å². The molecule has 3 rings (SSSR count). The number of Topliss-reactive ketones (excluding diaryl/α,β-unsaturated/α-hetero) is 1. The number of nitrogens with one attached hydrogen (secondary N) is 2. The number of nitrogens with zero attached hydrogens (tertiary/aromatic N) is 3. The van der Waals surface area contributed by atoms with Gasteiger partial charge in [-0.3, -0.25) is 4.79 Å². The van der Waals surface area contributed by atoms with Crippen LogP contribution in [0.1, 0.15) is 43.8 Å². The van der Waals surface area contributed by atoms with E-state index in [1.54, 1.807) is 17.6 Å². The van der Waals surface area contributed by atoms with Gasteiger partial charge < -0.3 is 15.4 Å². The smallest absolute Gasteiger partial charge is 0.407 e. The van der Waals surface area contributed by atoms with Crippen LogP contribution in [0.5, 0.6) is 0 Å². The Morgan fingerprint density at radius 2 is 1.97 bits per heavy atom.